The summed E-state index contributed by atoms with van der Waals surface area (Å²) in [5.74, 6) is -0.767. The van der Waals surface area contributed by atoms with Crippen molar-refractivity contribution in [1.82, 2.24) is 0 Å². The van der Waals surface area contributed by atoms with Gasteiger partial charge in [-0.25, -0.2) is 4.79 Å². The maximum Gasteiger partial charge on any atom is 0.340 e. The predicted octanol–water partition coefficient (Wildman–Crippen LogP) is 3.95. The van der Waals surface area contributed by atoms with E-state index < -0.39 is 11.9 Å². The predicted molar refractivity (Wildman–Crippen MR) is 98.0 cm³/mol. The number of esters is 1. The number of benzene rings is 2. The van der Waals surface area contributed by atoms with Crippen molar-refractivity contribution in [2.45, 2.75) is 19.8 Å². The van der Waals surface area contributed by atoms with Gasteiger partial charge in [-0.05, 0) is 35.7 Å². The molecule has 0 saturated carbocycles. The van der Waals surface area contributed by atoms with Crippen molar-refractivity contribution in [2.24, 2.45) is 0 Å². The molecule has 2 aromatic rings. The van der Waals surface area contributed by atoms with Crippen LogP contribution in [0.1, 0.15) is 35.7 Å². The SMILES string of the molecule is CC(C)c1ccccc1NC(=O)COC(=O)c1cc(Br)ccc1N. The number of ether oxygens (including phenoxy) is 1. The first-order valence-corrected chi connectivity index (χ1v) is 8.28. The zero-order valence-corrected chi connectivity index (χ0v) is 15.1. The Morgan fingerprint density at radius 1 is 1.21 bits per heavy atom. The zero-order chi connectivity index (χ0) is 17.7. The van der Waals surface area contributed by atoms with E-state index in [9.17, 15) is 9.59 Å². The number of anilines is 2. The number of rotatable bonds is 5. The molecule has 0 heterocycles. The van der Waals surface area contributed by atoms with Gasteiger partial charge in [0.1, 0.15) is 0 Å². The van der Waals surface area contributed by atoms with E-state index in [0.29, 0.717) is 10.2 Å². The third-order valence-corrected chi connectivity index (χ3v) is 3.92. The molecule has 6 heteroatoms. The van der Waals surface area contributed by atoms with Crippen LogP contribution in [0.25, 0.3) is 0 Å². The normalized spacial score (nSPS) is 10.5. The van der Waals surface area contributed by atoms with E-state index in [1.807, 2.05) is 38.1 Å². The third-order valence-electron chi connectivity index (χ3n) is 3.43. The smallest absolute Gasteiger partial charge is 0.340 e. The minimum Gasteiger partial charge on any atom is -0.452 e. The molecule has 0 aliphatic carbocycles. The lowest BCUT2D eigenvalue weighted by Crippen LogP contribution is -2.22. The summed E-state index contributed by atoms with van der Waals surface area (Å²) in [6.45, 7) is 3.71. The lowest BCUT2D eigenvalue weighted by molar-refractivity contribution is -0.119. The van der Waals surface area contributed by atoms with Crippen LogP contribution in [0.15, 0.2) is 46.9 Å². The molecule has 0 saturated heterocycles. The van der Waals surface area contributed by atoms with Gasteiger partial charge in [-0.1, -0.05) is 48.0 Å². The fourth-order valence-electron chi connectivity index (χ4n) is 2.21. The zero-order valence-electron chi connectivity index (χ0n) is 13.5. The summed E-state index contributed by atoms with van der Waals surface area (Å²) in [4.78, 5) is 24.1. The van der Waals surface area contributed by atoms with Gasteiger partial charge < -0.3 is 15.8 Å². The van der Waals surface area contributed by atoms with Gasteiger partial charge in [-0.3, -0.25) is 4.79 Å². The van der Waals surface area contributed by atoms with Gasteiger partial charge in [-0.15, -0.1) is 0 Å². The van der Waals surface area contributed by atoms with Crippen LogP contribution < -0.4 is 11.1 Å². The molecule has 0 atom stereocenters. The van der Waals surface area contributed by atoms with Gasteiger partial charge in [0.25, 0.3) is 5.91 Å². The third kappa shape index (κ3) is 4.58. The van der Waals surface area contributed by atoms with Crippen LogP contribution in [0.2, 0.25) is 0 Å². The van der Waals surface area contributed by atoms with E-state index in [-0.39, 0.29) is 18.1 Å². The molecular formula is C18H19BrN2O3. The maximum absolute atomic E-state index is 12.0. The first kappa shape index (κ1) is 18.0. The van der Waals surface area contributed by atoms with Crippen LogP contribution in [0, 0.1) is 0 Å². The number of nitrogen functional groups attached to an aromatic ring is 1. The van der Waals surface area contributed by atoms with E-state index in [1.54, 1.807) is 18.2 Å². The molecule has 0 aliphatic heterocycles. The van der Waals surface area contributed by atoms with Gasteiger partial charge in [0.2, 0.25) is 0 Å². The average molecular weight is 391 g/mol. The summed E-state index contributed by atoms with van der Waals surface area (Å²) < 4.78 is 5.75. The Bertz CT molecular complexity index is 760. The monoisotopic (exact) mass is 390 g/mol. The second-order valence-electron chi connectivity index (χ2n) is 5.60. The highest BCUT2D eigenvalue weighted by Gasteiger charge is 2.15. The number of nitrogens with two attached hydrogens (primary N) is 1. The van der Waals surface area contributed by atoms with E-state index in [0.717, 1.165) is 11.3 Å². The highest BCUT2D eigenvalue weighted by atomic mass is 79.9. The van der Waals surface area contributed by atoms with Crippen LogP contribution in [0.5, 0.6) is 0 Å². The summed E-state index contributed by atoms with van der Waals surface area (Å²) in [6, 6.07) is 12.4. The van der Waals surface area contributed by atoms with Crippen LogP contribution in [-0.4, -0.2) is 18.5 Å². The Morgan fingerprint density at radius 3 is 2.62 bits per heavy atom. The number of halogens is 1. The van der Waals surface area contributed by atoms with E-state index in [4.69, 9.17) is 10.5 Å². The summed E-state index contributed by atoms with van der Waals surface area (Å²) in [7, 11) is 0. The minimum atomic E-state index is -0.638. The number of para-hydroxylation sites is 1. The van der Waals surface area contributed by atoms with Crippen molar-refractivity contribution in [3.8, 4) is 0 Å². The van der Waals surface area contributed by atoms with Gasteiger partial charge in [0.15, 0.2) is 6.61 Å². The molecule has 0 spiro atoms. The molecule has 126 valence electrons. The molecule has 0 fully saturated rings. The number of hydrogen-bond donors (Lipinski definition) is 2. The Morgan fingerprint density at radius 2 is 1.92 bits per heavy atom. The Kier molecular flexibility index (Phi) is 5.98. The van der Waals surface area contributed by atoms with Crippen molar-refractivity contribution in [3.63, 3.8) is 0 Å². The molecule has 3 N–H and O–H groups in total. The summed E-state index contributed by atoms with van der Waals surface area (Å²) >= 11 is 3.27. The lowest BCUT2D eigenvalue weighted by Gasteiger charge is -2.13. The standard InChI is InChI=1S/C18H19BrN2O3/c1-11(2)13-5-3-4-6-16(13)21-17(22)10-24-18(23)14-9-12(19)7-8-15(14)20/h3-9,11H,10,20H2,1-2H3,(H,21,22). The number of nitrogens with one attached hydrogen (secondary N) is 1. The second-order valence-corrected chi connectivity index (χ2v) is 6.51. The average Bonchev–Trinajstić information content (AvgIpc) is 2.55. The molecule has 5 nitrogen and oxygen atoms in total. The maximum atomic E-state index is 12.0. The fourth-order valence-corrected chi connectivity index (χ4v) is 2.58. The summed E-state index contributed by atoms with van der Waals surface area (Å²) in [5.41, 5.74) is 8.01. The molecule has 0 radical (unpaired) electrons. The first-order valence-electron chi connectivity index (χ1n) is 7.49. The molecule has 0 bridgehead atoms. The van der Waals surface area contributed by atoms with Crippen molar-refractivity contribution in [3.05, 3.63) is 58.1 Å². The topological polar surface area (TPSA) is 81.4 Å². The number of carbonyl (C=O) groups excluding carboxylic acids is 2. The van der Waals surface area contributed by atoms with Crippen molar-refractivity contribution in [2.75, 3.05) is 17.7 Å². The molecular weight excluding hydrogens is 372 g/mol. The molecule has 0 aromatic heterocycles. The second kappa shape index (κ2) is 7.97. The quantitative estimate of drug-likeness (QED) is 0.597. The number of hydrogen-bond acceptors (Lipinski definition) is 4. The van der Waals surface area contributed by atoms with E-state index in [1.165, 1.54) is 0 Å². The Balaban J connectivity index is 1.99. The van der Waals surface area contributed by atoms with Crippen LogP contribution >= 0.6 is 15.9 Å². The molecule has 1 amide bonds. The van der Waals surface area contributed by atoms with Crippen molar-refractivity contribution < 1.29 is 14.3 Å². The van der Waals surface area contributed by atoms with Crippen molar-refractivity contribution >= 4 is 39.2 Å². The number of carbonyl (C=O) groups is 2. The highest BCUT2D eigenvalue weighted by Crippen LogP contribution is 2.23. The summed E-state index contributed by atoms with van der Waals surface area (Å²) in [6.07, 6.45) is 0. The van der Waals surface area contributed by atoms with E-state index >= 15 is 0 Å². The van der Waals surface area contributed by atoms with Crippen LogP contribution in [0.3, 0.4) is 0 Å². The lowest BCUT2D eigenvalue weighted by atomic mass is 10.0. The van der Waals surface area contributed by atoms with Gasteiger partial charge in [0.05, 0.1) is 5.56 Å². The molecule has 2 aromatic carbocycles. The van der Waals surface area contributed by atoms with Crippen molar-refractivity contribution in [1.29, 1.82) is 0 Å². The van der Waals surface area contributed by atoms with Gasteiger partial charge in [0, 0.05) is 15.8 Å². The highest BCUT2D eigenvalue weighted by molar-refractivity contribution is 9.10. The Labute approximate surface area is 149 Å². The van der Waals surface area contributed by atoms with Crippen LogP contribution in [-0.2, 0) is 9.53 Å². The van der Waals surface area contributed by atoms with Gasteiger partial charge in [-0.2, -0.15) is 0 Å². The minimum absolute atomic E-state index is 0.222. The molecule has 2 rings (SSSR count). The molecule has 0 unspecified atom stereocenters. The number of amides is 1. The molecule has 24 heavy (non-hydrogen) atoms. The summed E-state index contributed by atoms with van der Waals surface area (Å²) in [5, 5.41) is 2.77. The Hall–Kier alpha value is -2.34. The van der Waals surface area contributed by atoms with Crippen LogP contribution in [0.4, 0.5) is 11.4 Å². The fraction of sp³-hybridized carbons (Fsp3) is 0.222. The molecule has 0 aliphatic rings. The van der Waals surface area contributed by atoms with E-state index in [2.05, 4.69) is 21.2 Å². The van der Waals surface area contributed by atoms with Gasteiger partial charge >= 0.3 is 5.97 Å². The largest absolute Gasteiger partial charge is 0.452 e. The first-order chi connectivity index (χ1) is 11.4.